The van der Waals surface area contributed by atoms with Gasteiger partial charge in [-0.05, 0) is 48.5 Å². The Morgan fingerprint density at radius 2 is 1.83 bits per heavy atom. The standard InChI is InChI=1S/C17H10ClFN4/c18-12-3-6-14-15(9-12)20-8-7-17(14)23-10-16(21-22-23)11-1-4-13(19)5-2-11/h1-10H. The zero-order valence-corrected chi connectivity index (χ0v) is 12.6. The molecule has 0 fully saturated rings. The zero-order valence-electron chi connectivity index (χ0n) is 11.8. The van der Waals surface area contributed by atoms with Gasteiger partial charge in [-0.3, -0.25) is 4.98 Å². The predicted octanol–water partition coefficient (Wildman–Crippen LogP) is 4.28. The molecule has 0 atom stereocenters. The summed E-state index contributed by atoms with van der Waals surface area (Å²) in [6.07, 6.45) is 3.50. The molecule has 0 unspecified atom stereocenters. The molecule has 0 bridgehead atoms. The molecule has 0 aliphatic heterocycles. The number of rotatable bonds is 2. The number of aromatic nitrogens is 4. The first kappa shape index (κ1) is 13.8. The third-order valence-electron chi connectivity index (χ3n) is 3.56. The summed E-state index contributed by atoms with van der Waals surface area (Å²) in [5, 5.41) is 9.89. The fourth-order valence-corrected chi connectivity index (χ4v) is 2.61. The number of pyridine rings is 1. The van der Waals surface area contributed by atoms with Crippen molar-refractivity contribution in [3.63, 3.8) is 0 Å². The highest BCUT2D eigenvalue weighted by atomic mass is 35.5. The Morgan fingerprint density at radius 3 is 2.65 bits per heavy atom. The van der Waals surface area contributed by atoms with Crippen LogP contribution >= 0.6 is 11.6 Å². The minimum Gasteiger partial charge on any atom is -0.256 e. The Kier molecular flexibility index (Phi) is 3.28. The maximum atomic E-state index is 13.0. The zero-order chi connectivity index (χ0) is 15.8. The van der Waals surface area contributed by atoms with Crippen LogP contribution in [0.2, 0.25) is 5.02 Å². The third-order valence-corrected chi connectivity index (χ3v) is 3.80. The highest BCUT2D eigenvalue weighted by Crippen LogP contribution is 2.24. The van der Waals surface area contributed by atoms with Gasteiger partial charge in [0, 0.05) is 22.2 Å². The van der Waals surface area contributed by atoms with Gasteiger partial charge in [0.05, 0.1) is 17.4 Å². The van der Waals surface area contributed by atoms with Crippen molar-refractivity contribution in [3.05, 3.63) is 71.8 Å². The molecule has 4 aromatic rings. The van der Waals surface area contributed by atoms with Crippen molar-refractivity contribution in [1.29, 1.82) is 0 Å². The van der Waals surface area contributed by atoms with Crippen molar-refractivity contribution >= 4 is 22.5 Å². The minimum absolute atomic E-state index is 0.279. The molecule has 4 nitrogen and oxygen atoms in total. The molecule has 112 valence electrons. The van der Waals surface area contributed by atoms with Gasteiger partial charge in [-0.1, -0.05) is 16.8 Å². The maximum Gasteiger partial charge on any atom is 0.123 e. The molecule has 2 aromatic heterocycles. The third kappa shape index (κ3) is 2.55. The number of nitrogens with zero attached hydrogens (tertiary/aromatic N) is 4. The molecule has 0 saturated heterocycles. The molecular formula is C17H10ClFN4. The second kappa shape index (κ2) is 5.44. The van der Waals surface area contributed by atoms with Crippen LogP contribution in [0, 0.1) is 5.82 Å². The quantitative estimate of drug-likeness (QED) is 0.553. The summed E-state index contributed by atoms with van der Waals surface area (Å²) in [6, 6.07) is 13.5. The van der Waals surface area contributed by atoms with E-state index in [4.69, 9.17) is 11.6 Å². The van der Waals surface area contributed by atoms with Gasteiger partial charge >= 0.3 is 0 Å². The van der Waals surface area contributed by atoms with Gasteiger partial charge in [0.1, 0.15) is 11.5 Å². The van der Waals surface area contributed by atoms with E-state index >= 15 is 0 Å². The fourth-order valence-electron chi connectivity index (χ4n) is 2.44. The first-order chi connectivity index (χ1) is 11.2. The van der Waals surface area contributed by atoms with Crippen LogP contribution in [0.1, 0.15) is 0 Å². The normalized spacial score (nSPS) is 11.0. The summed E-state index contributed by atoms with van der Waals surface area (Å²) >= 11 is 6.01. The van der Waals surface area contributed by atoms with Crippen molar-refractivity contribution in [1.82, 2.24) is 20.0 Å². The minimum atomic E-state index is -0.279. The number of benzene rings is 2. The largest absolute Gasteiger partial charge is 0.256 e. The van der Waals surface area contributed by atoms with E-state index in [0.29, 0.717) is 10.7 Å². The van der Waals surface area contributed by atoms with E-state index in [1.165, 1.54) is 12.1 Å². The van der Waals surface area contributed by atoms with E-state index in [2.05, 4.69) is 15.3 Å². The van der Waals surface area contributed by atoms with Crippen LogP contribution in [0.25, 0.3) is 27.8 Å². The van der Waals surface area contributed by atoms with Gasteiger partial charge in [0.2, 0.25) is 0 Å². The number of hydrogen-bond acceptors (Lipinski definition) is 3. The van der Waals surface area contributed by atoms with Gasteiger partial charge in [-0.2, -0.15) is 0 Å². The van der Waals surface area contributed by atoms with Gasteiger partial charge in [-0.25, -0.2) is 9.07 Å². The Morgan fingerprint density at radius 1 is 1.00 bits per heavy atom. The molecule has 0 amide bonds. The van der Waals surface area contributed by atoms with Gasteiger partial charge in [0.25, 0.3) is 0 Å². The molecule has 2 aromatic carbocycles. The van der Waals surface area contributed by atoms with Gasteiger partial charge in [0.15, 0.2) is 0 Å². The lowest BCUT2D eigenvalue weighted by Crippen LogP contribution is -1.96. The molecule has 6 heteroatoms. The Bertz CT molecular complexity index is 995. The summed E-state index contributed by atoms with van der Waals surface area (Å²) in [7, 11) is 0. The molecule has 0 N–H and O–H groups in total. The first-order valence-electron chi connectivity index (χ1n) is 6.94. The van der Waals surface area contributed by atoms with Crippen LogP contribution in [0.3, 0.4) is 0 Å². The lowest BCUT2D eigenvalue weighted by molar-refractivity contribution is 0.628. The molecular weight excluding hydrogens is 315 g/mol. The molecule has 0 spiro atoms. The maximum absolute atomic E-state index is 13.0. The molecule has 23 heavy (non-hydrogen) atoms. The topological polar surface area (TPSA) is 43.6 Å². The number of halogens is 2. The Hall–Kier alpha value is -2.79. The van der Waals surface area contributed by atoms with E-state index in [9.17, 15) is 4.39 Å². The second-order valence-corrected chi connectivity index (χ2v) is 5.48. The Balaban J connectivity index is 1.82. The monoisotopic (exact) mass is 324 g/mol. The SMILES string of the molecule is Fc1ccc(-c2cn(-c3ccnc4cc(Cl)ccc34)nn2)cc1. The summed E-state index contributed by atoms with van der Waals surface area (Å²) < 4.78 is 14.7. The summed E-state index contributed by atoms with van der Waals surface area (Å²) in [5.41, 5.74) is 3.12. The van der Waals surface area contributed by atoms with Crippen molar-refractivity contribution < 1.29 is 4.39 Å². The van der Waals surface area contributed by atoms with Crippen molar-refractivity contribution in [2.24, 2.45) is 0 Å². The van der Waals surface area contributed by atoms with E-state index in [1.807, 2.05) is 18.2 Å². The number of hydrogen-bond donors (Lipinski definition) is 0. The second-order valence-electron chi connectivity index (χ2n) is 5.05. The van der Waals surface area contributed by atoms with E-state index in [1.54, 1.807) is 35.3 Å². The highest BCUT2D eigenvalue weighted by molar-refractivity contribution is 6.31. The molecule has 0 saturated carbocycles. The molecule has 0 aliphatic carbocycles. The molecule has 0 aliphatic rings. The molecule has 2 heterocycles. The summed E-state index contributed by atoms with van der Waals surface area (Å²) in [6.45, 7) is 0. The lowest BCUT2D eigenvalue weighted by Gasteiger charge is -2.05. The van der Waals surface area contributed by atoms with E-state index in [-0.39, 0.29) is 5.82 Å². The van der Waals surface area contributed by atoms with Crippen LogP contribution in [0.4, 0.5) is 4.39 Å². The van der Waals surface area contributed by atoms with Crippen LogP contribution in [-0.4, -0.2) is 20.0 Å². The van der Waals surface area contributed by atoms with Gasteiger partial charge < -0.3 is 0 Å². The van der Waals surface area contributed by atoms with Crippen LogP contribution in [-0.2, 0) is 0 Å². The highest BCUT2D eigenvalue weighted by Gasteiger charge is 2.09. The first-order valence-corrected chi connectivity index (χ1v) is 7.31. The van der Waals surface area contributed by atoms with Crippen LogP contribution in [0.5, 0.6) is 0 Å². The van der Waals surface area contributed by atoms with Crippen LogP contribution in [0.15, 0.2) is 60.9 Å². The lowest BCUT2D eigenvalue weighted by atomic mass is 10.1. The van der Waals surface area contributed by atoms with E-state index in [0.717, 1.165) is 22.2 Å². The summed E-state index contributed by atoms with van der Waals surface area (Å²) in [5.74, 6) is -0.279. The van der Waals surface area contributed by atoms with Crippen molar-refractivity contribution in [3.8, 4) is 16.9 Å². The fraction of sp³-hybridized carbons (Fsp3) is 0. The summed E-state index contributed by atoms with van der Waals surface area (Å²) in [4.78, 5) is 4.32. The number of fused-ring (bicyclic) bond motifs is 1. The average Bonchev–Trinajstić information content (AvgIpc) is 3.04. The van der Waals surface area contributed by atoms with Crippen LogP contribution < -0.4 is 0 Å². The average molecular weight is 325 g/mol. The molecule has 0 radical (unpaired) electrons. The smallest absolute Gasteiger partial charge is 0.123 e. The molecule has 4 rings (SSSR count). The predicted molar refractivity (Wildman–Crippen MR) is 87.1 cm³/mol. The van der Waals surface area contributed by atoms with E-state index < -0.39 is 0 Å². The van der Waals surface area contributed by atoms with Crippen molar-refractivity contribution in [2.45, 2.75) is 0 Å². The van der Waals surface area contributed by atoms with Crippen molar-refractivity contribution in [2.75, 3.05) is 0 Å². The van der Waals surface area contributed by atoms with Gasteiger partial charge in [-0.15, -0.1) is 5.10 Å². The Labute approximate surface area is 136 Å².